The number of para-hydroxylation sites is 1. The largest absolute Gasteiger partial charge is 0.494 e. The fourth-order valence-electron chi connectivity index (χ4n) is 5.74. The molecule has 240 valence electrons. The lowest BCUT2D eigenvalue weighted by molar-refractivity contribution is 0.0688. The number of likely N-dealkylation sites (tertiary alicyclic amines) is 1. The number of aryl methyl sites for hydroxylation is 1. The third kappa shape index (κ3) is 6.84. The van der Waals surface area contributed by atoms with Gasteiger partial charge in [0.05, 0.1) is 24.6 Å². The normalized spacial score (nSPS) is 14.8. The third-order valence-corrected chi connectivity index (χ3v) is 8.59. The van der Waals surface area contributed by atoms with E-state index in [9.17, 15) is 18.3 Å². The summed E-state index contributed by atoms with van der Waals surface area (Å²) in [5, 5.41) is 14.5. The number of benzene rings is 2. The molecule has 1 aliphatic heterocycles. The molecule has 5 rings (SSSR count). The number of hydrogen-bond acceptors (Lipinski definition) is 9. The Morgan fingerprint density at radius 2 is 1.82 bits per heavy atom. The van der Waals surface area contributed by atoms with E-state index in [1.54, 1.807) is 42.1 Å². The quantitative estimate of drug-likeness (QED) is 0.221. The predicted octanol–water partition coefficient (Wildman–Crippen LogP) is 5.31. The van der Waals surface area contributed by atoms with E-state index in [4.69, 9.17) is 9.47 Å². The van der Waals surface area contributed by atoms with E-state index < -0.39 is 21.4 Å². The van der Waals surface area contributed by atoms with E-state index in [1.807, 2.05) is 32.9 Å². The average Bonchev–Trinajstić information content (AvgIpc) is 3.26. The Hall–Kier alpha value is -4.36. The van der Waals surface area contributed by atoms with Crippen molar-refractivity contribution in [1.82, 2.24) is 19.4 Å². The first kappa shape index (κ1) is 32.0. The first-order chi connectivity index (χ1) is 21.2. The van der Waals surface area contributed by atoms with Gasteiger partial charge in [-0.2, -0.15) is 4.98 Å². The Balaban J connectivity index is 1.65. The van der Waals surface area contributed by atoms with E-state index in [2.05, 4.69) is 32.0 Å². The van der Waals surface area contributed by atoms with Gasteiger partial charge >= 0.3 is 5.97 Å². The molecule has 0 saturated carbocycles. The number of fused-ring (bicyclic) bond motifs is 1. The molecule has 3 N–H and O–H groups in total. The molecule has 1 saturated heterocycles. The van der Waals surface area contributed by atoms with Gasteiger partial charge in [-0.25, -0.2) is 18.2 Å². The van der Waals surface area contributed by atoms with E-state index in [0.29, 0.717) is 39.6 Å². The van der Waals surface area contributed by atoms with Crippen LogP contribution in [-0.4, -0.2) is 78.5 Å². The zero-order valence-corrected chi connectivity index (χ0v) is 27.4. The van der Waals surface area contributed by atoms with Crippen LogP contribution in [0.2, 0.25) is 0 Å². The van der Waals surface area contributed by atoms with Crippen molar-refractivity contribution in [1.29, 1.82) is 0 Å². The van der Waals surface area contributed by atoms with Gasteiger partial charge in [0.25, 0.3) is 0 Å². The van der Waals surface area contributed by atoms with Crippen LogP contribution in [0.25, 0.3) is 22.0 Å². The Morgan fingerprint density at radius 1 is 1.11 bits per heavy atom. The number of methoxy groups -OCH3 is 1. The van der Waals surface area contributed by atoms with Crippen LogP contribution in [0.3, 0.4) is 0 Å². The first-order valence-electron chi connectivity index (χ1n) is 14.7. The number of nitrogens with one attached hydrogen (secondary N) is 2. The summed E-state index contributed by atoms with van der Waals surface area (Å²) in [6.07, 6.45) is 4.64. The molecule has 1 fully saturated rings. The number of rotatable bonds is 9. The molecule has 0 atom stereocenters. The molecule has 12 nitrogen and oxygen atoms in total. The summed E-state index contributed by atoms with van der Waals surface area (Å²) in [4.78, 5) is 24.1. The minimum Gasteiger partial charge on any atom is -0.494 e. The Kier molecular flexibility index (Phi) is 8.69. The SMILES string of the molecule is COc1c(NS(C)(=O)=O)cc(C(C)(C)C)cc1-c1c(C(=O)O)n(C)c2c(Oc3ccnc(NC4CCN(C)CC4)n3)cccc12. The molecule has 0 spiro atoms. The fraction of sp³-hybridized carbons (Fsp3) is 0.406. The molecule has 3 heterocycles. The minimum absolute atomic E-state index is 0.0111. The molecule has 1 aliphatic rings. The summed E-state index contributed by atoms with van der Waals surface area (Å²) in [6, 6.07) is 10.8. The Morgan fingerprint density at radius 3 is 2.44 bits per heavy atom. The molecule has 0 bridgehead atoms. The number of carboxylic acids is 1. The van der Waals surface area contributed by atoms with E-state index in [0.717, 1.165) is 37.8 Å². The highest BCUT2D eigenvalue weighted by molar-refractivity contribution is 7.92. The topological polar surface area (TPSA) is 148 Å². The zero-order valence-electron chi connectivity index (χ0n) is 26.6. The monoisotopic (exact) mass is 636 g/mol. The molecular formula is C32H40N6O6S. The standard InChI is InChI=1S/C32H40N6O6S/c1-32(2,3)19-17-22(29(43-6)23(18-19)36-45(7,41)42)26-21-9-8-10-24(27(21)38(5)28(26)30(39)40)44-25-11-14-33-31(35-25)34-20-12-15-37(4)16-13-20/h8-11,14,17-18,20,36H,12-13,15-16H2,1-7H3,(H,39,40)(H,33,34,35). The lowest BCUT2D eigenvalue weighted by Gasteiger charge is -2.29. The maximum atomic E-state index is 12.9. The number of ether oxygens (including phenoxy) is 2. The highest BCUT2D eigenvalue weighted by Gasteiger charge is 2.30. The summed E-state index contributed by atoms with van der Waals surface area (Å²) in [7, 11) is 1.51. The fourth-order valence-corrected chi connectivity index (χ4v) is 6.29. The zero-order chi connectivity index (χ0) is 32.7. The molecule has 13 heteroatoms. The highest BCUT2D eigenvalue weighted by Crippen LogP contribution is 2.47. The van der Waals surface area contributed by atoms with E-state index in [-0.39, 0.29) is 23.2 Å². The van der Waals surface area contributed by atoms with Gasteiger partial charge in [0.15, 0.2) is 11.5 Å². The number of nitrogens with zero attached hydrogens (tertiary/aromatic N) is 4. The number of carboxylic acid groups (broad SMARTS) is 1. The lowest BCUT2D eigenvalue weighted by atomic mass is 9.84. The second kappa shape index (κ2) is 12.2. The maximum absolute atomic E-state index is 12.9. The average molecular weight is 637 g/mol. The van der Waals surface area contributed by atoms with E-state index >= 15 is 0 Å². The second-order valence-corrected chi connectivity index (χ2v) is 14.3. The van der Waals surface area contributed by atoms with Crippen molar-refractivity contribution in [3.05, 3.63) is 53.9 Å². The number of aromatic nitrogens is 3. The van der Waals surface area contributed by atoms with Crippen molar-refractivity contribution in [3.63, 3.8) is 0 Å². The minimum atomic E-state index is -3.68. The lowest BCUT2D eigenvalue weighted by Crippen LogP contribution is -2.37. The van der Waals surface area contributed by atoms with Gasteiger partial charge in [-0.15, -0.1) is 0 Å². The third-order valence-electron chi connectivity index (χ3n) is 8.00. The Bertz CT molecular complexity index is 1860. The van der Waals surface area contributed by atoms with Crippen molar-refractivity contribution in [2.24, 2.45) is 7.05 Å². The highest BCUT2D eigenvalue weighted by atomic mass is 32.2. The summed E-state index contributed by atoms with van der Waals surface area (Å²) in [6.45, 7) is 7.97. The maximum Gasteiger partial charge on any atom is 0.353 e. The van der Waals surface area contributed by atoms with Crippen molar-refractivity contribution < 1.29 is 27.8 Å². The molecule has 0 unspecified atom stereocenters. The molecule has 0 amide bonds. The van der Waals surface area contributed by atoms with Gasteiger partial charge in [0, 0.05) is 41.9 Å². The van der Waals surface area contributed by atoms with Gasteiger partial charge in [0.2, 0.25) is 21.9 Å². The number of anilines is 2. The molecule has 0 radical (unpaired) electrons. The smallest absolute Gasteiger partial charge is 0.353 e. The van der Waals surface area contributed by atoms with Crippen LogP contribution in [-0.2, 0) is 22.5 Å². The summed E-state index contributed by atoms with van der Waals surface area (Å²) in [5.74, 6) is 0.201. The summed E-state index contributed by atoms with van der Waals surface area (Å²) < 4.78 is 40.8. The van der Waals surface area contributed by atoms with Crippen molar-refractivity contribution in [3.8, 4) is 28.5 Å². The van der Waals surface area contributed by atoms with Gasteiger partial charge in [0.1, 0.15) is 5.69 Å². The van der Waals surface area contributed by atoms with Crippen LogP contribution in [0.5, 0.6) is 17.4 Å². The van der Waals surface area contributed by atoms with Crippen molar-refractivity contribution in [2.75, 3.05) is 43.5 Å². The molecule has 2 aromatic heterocycles. The molecule has 4 aromatic rings. The van der Waals surface area contributed by atoms with Crippen molar-refractivity contribution >= 4 is 38.5 Å². The van der Waals surface area contributed by atoms with E-state index in [1.165, 1.54) is 7.11 Å². The van der Waals surface area contributed by atoms with Crippen molar-refractivity contribution in [2.45, 2.75) is 45.1 Å². The molecule has 0 aliphatic carbocycles. The Labute approximate surface area is 263 Å². The van der Waals surface area contributed by atoms with Crippen LogP contribution in [0.15, 0.2) is 42.6 Å². The number of hydrogen-bond donors (Lipinski definition) is 3. The first-order valence-corrected chi connectivity index (χ1v) is 16.6. The number of carbonyl (C=O) groups is 1. The van der Waals surface area contributed by atoms with Crippen LogP contribution in [0, 0.1) is 0 Å². The van der Waals surface area contributed by atoms with Gasteiger partial charge in [-0.1, -0.05) is 32.9 Å². The molecule has 2 aromatic carbocycles. The number of piperidine rings is 1. The van der Waals surface area contributed by atoms with Crippen LogP contribution in [0.1, 0.15) is 49.7 Å². The summed E-state index contributed by atoms with van der Waals surface area (Å²) >= 11 is 0. The molecule has 45 heavy (non-hydrogen) atoms. The predicted molar refractivity (Wildman–Crippen MR) is 175 cm³/mol. The summed E-state index contributed by atoms with van der Waals surface area (Å²) in [5.41, 5.74) is 1.92. The van der Waals surface area contributed by atoms with Gasteiger partial charge in [-0.3, -0.25) is 4.72 Å². The number of aromatic carboxylic acids is 1. The molecular weight excluding hydrogens is 596 g/mol. The van der Waals surface area contributed by atoms with Crippen LogP contribution < -0.4 is 19.5 Å². The van der Waals surface area contributed by atoms with Crippen LogP contribution in [0.4, 0.5) is 11.6 Å². The van der Waals surface area contributed by atoms with Gasteiger partial charge < -0.3 is 29.4 Å². The van der Waals surface area contributed by atoms with Gasteiger partial charge in [-0.05, 0) is 62.2 Å². The number of sulfonamides is 1. The van der Waals surface area contributed by atoms with Crippen LogP contribution >= 0.6 is 0 Å². The second-order valence-electron chi connectivity index (χ2n) is 12.5.